The molecule has 0 aliphatic heterocycles. The third kappa shape index (κ3) is 1.86. The maximum Gasteiger partial charge on any atom is 0.145 e. The van der Waals surface area contributed by atoms with Crippen molar-refractivity contribution in [1.29, 1.82) is 0 Å². The summed E-state index contributed by atoms with van der Waals surface area (Å²) in [7, 11) is 0. The van der Waals surface area contributed by atoms with Gasteiger partial charge in [0.1, 0.15) is 5.82 Å². The molecule has 0 saturated carbocycles. The lowest BCUT2D eigenvalue weighted by atomic mass is 10.1. The lowest BCUT2D eigenvalue weighted by Crippen LogP contribution is -1.97. The molecule has 24 heavy (non-hydrogen) atoms. The van der Waals surface area contributed by atoms with Crippen LogP contribution in [-0.4, -0.2) is 9.38 Å². The molecule has 0 fully saturated rings. The highest BCUT2D eigenvalue weighted by Gasteiger charge is 2.13. The van der Waals surface area contributed by atoms with Crippen molar-refractivity contribution in [1.82, 2.24) is 9.38 Å². The molecule has 2 aromatic heterocycles. The fourth-order valence-corrected chi connectivity index (χ4v) is 3.49. The molecular weight excluding hydrogens is 292 g/mol. The van der Waals surface area contributed by atoms with Gasteiger partial charge in [-0.3, -0.25) is 4.40 Å². The third-order valence-electron chi connectivity index (χ3n) is 4.61. The van der Waals surface area contributed by atoms with E-state index in [1.807, 2.05) is 12.1 Å². The van der Waals surface area contributed by atoms with Crippen LogP contribution in [0.3, 0.4) is 0 Å². The summed E-state index contributed by atoms with van der Waals surface area (Å²) in [5.74, 6) is 0.989. The summed E-state index contributed by atoms with van der Waals surface area (Å²) >= 11 is 0. The smallest absolute Gasteiger partial charge is 0.145 e. The van der Waals surface area contributed by atoms with Crippen LogP contribution >= 0.6 is 0 Å². The maximum absolute atomic E-state index is 4.98. The van der Waals surface area contributed by atoms with E-state index in [0.29, 0.717) is 0 Å². The van der Waals surface area contributed by atoms with Crippen LogP contribution in [0.25, 0.3) is 38.7 Å². The molecule has 5 aromatic rings. The van der Waals surface area contributed by atoms with Gasteiger partial charge in [-0.1, -0.05) is 60.2 Å². The Labute approximate surface area is 140 Å². The minimum absolute atomic E-state index is 0.989. The Bertz CT molecular complexity index is 1200. The van der Waals surface area contributed by atoms with Gasteiger partial charge in [0, 0.05) is 16.3 Å². The summed E-state index contributed by atoms with van der Waals surface area (Å²) in [6, 6.07) is 27.7. The van der Waals surface area contributed by atoms with Crippen molar-refractivity contribution in [3.05, 3.63) is 84.4 Å². The highest BCUT2D eigenvalue weighted by Crippen LogP contribution is 2.31. The monoisotopic (exact) mass is 308 g/mol. The molecule has 0 unspecified atom stereocenters. The predicted octanol–water partition coefficient (Wildman–Crippen LogP) is 5.62. The highest BCUT2D eigenvalue weighted by atomic mass is 15.0. The fraction of sp³-hybridized carbons (Fsp3) is 0.0455. The fourth-order valence-electron chi connectivity index (χ4n) is 3.49. The summed E-state index contributed by atoms with van der Waals surface area (Å²) < 4.78 is 2.28. The van der Waals surface area contributed by atoms with Gasteiger partial charge in [0.25, 0.3) is 0 Å². The van der Waals surface area contributed by atoms with Crippen LogP contribution in [0.2, 0.25) is 0 Å². The van der Waals surface area contributed by atoms with E-state index >= 15 is 0 Å². The Hall–Kier alpha value is -3.13. The number of hydrogen-bond donors (Lipinski definition) is 0. The van der Waals surface area contributed by atoms with Crippen molar-refractivity contribution in [2.24, 2.45) is 0 Å². The lowest BCUT2D eigenvalue weighted by Gasteiger charge is -2.10. The molecule has 2 heteroatoms. The quantitative estimate of drug-likeness (QED) is 0.393. The van der Waals surface area contributed by atoms with Gasteiger partial charge in [0.15, 0.2) is 0 Å². The zero-order valence-corrected chi connectivity index (χ0v) is 13.4. The first-order chi connectivity index (χ1) is 11.8. The molecule has 0 radical (unpaired) electrons. The minimum Gasteiger partial charge on any atom is -0.293 e. The van der Waals surface area contributed by atoms with E-state index < -0.39 is 0 Å². The molecule has 2 nitrogen and oxygen atoms in total. The minimum atomic E-state index is 0.989. The first-order valence-electron chi connectivity index (χ1n) is 8.17. The van der Waals surface area contributed by atoms with E-state index in [2.05, 4.69) is 78.1 Å². The Morgan fingerprint density at radius 3 is 2.42 bits per heavy atom. The molecule has 0 aliphatic rings. The molecule has 0 aliphatic carbocycles. The molecule has 2 heterocycles. The van der Waals surface area contributed by atoms with Crippen molar-refractivity contribution >= 4 is 27.3 Å². The molecule has 0 spiro atoms. The number of rotatable bonds is 1. The van der Waals surface area contributed by atoms with Crippen LogP contribution in [0.15, 0.2) is 78.9 Å². The van der Waals surface area contributed by atoms with Crippen molar-refractivity contribution < 1.29 is 0 Å². The topological polar surface area (TPSA) is 17.3 Å². The Morgan fingerprint density at radius 1 is 0.750 bits per heavy atom. The number of aryl methyl sites for hydroxylation is 1. The number of nitrogens with zero attached hydrogens (tertiary/aromatic N) is 2. The van der Waals surface area contributed by atoms with Crippen molar-refractivity contribution in [3.8, 4) is 11.4 Å². The van der Waals surface area contributed by atoms with Gasteiger partial charge in [-0.2, -0.15) is 0 Å². The average molecular weight is 308 g/mol. The van der Waals surface area contributed by atoms with Crippen molar-refractivity contribution in [2.75, 3.05) is 0 Å². The van der Waals surface area contributed by atoms with Crippen LogP contribution in [0.5, 0.6) is 0 Å². The average Bonchev–Trinajstić information content (AvgIpc) is 3.00. The van der Waals surface area contributed by atoms with Crippen molar-refractivity contribution in [3.63, 3.8) is 0 Å². The van der Waals surface area contributed by atoms with Crippen LogP contribution in [-0.2, 0) is 0 Å². The number of aromatic nitrogens is 2. The van der Waals surface area contributed by atoms with Gasteiger partial charge in [0.05, 0.1) is 16.6 Å². The Kier molecular flexibility index (Phi) is 2.74. The van der Waals surface area contributed by atoms with E-state index in [4.69, 9.17) is 4.98 Å². The maximum atomic E-state index is 4.98. The Balaban J connectivity index is 2.04. The highest BCUT2D eigenvalue weighted by molar-refractivity contribution is 6.02. The van der Waals surface area contributed by atoms with Crippen LogP contribution < -0.4 is 0 Å². The zero-order valence-electron chi connectivity index (χ0n) is 13.4. The van der Waals surface area contributed by atoms with E-state index in [1.165, 1.54) is 27.4 Å². The third-order valence-corrected chi connectivity index (χ3v) is 4.61. The summed E-state index contributed by atoms with van der Waals surface area (Å²) in [5, 5.41) is 2.44. The van der Waals surface area contributed by atoms with Gasteiger partial charge in [-0.25, -0.2) is 4.98 Å². The second-order valence-corrected chi connectivity index (χ2v) is 6.25. The van der Waals surface area contributed by atoms with Gasteiger partial charge >= 0.3 is 0 Å². The van der Waals surface area contributed by atoms with Crippen LogP contribution in [0.4, 0.5) is 0 Å². The van der Waals surface area contributed by atoms with Crippen molar-refractivity contribution in [2.45, 2.75) is 6.92 Å². The number of benzene rings is 3. The SMILES string of the molecule is Cc1ccc2c(c1)cc1c3ccccc3nc(-c3ccccc3)n21. The van der Waals surface area contributed by atoms with Gasteiger partial charge < -0.3 is 0 Å². The predicted molar refractivity (Wildman–Crippen MR) is 100 cm³/mol. The lowest BCUT2D eigenvalue weighted by molar-refractivity contribution is 1.17. The molecule has 0 amide bonds. The van der Waals surface area contributed by atoms with Gasteiger partial charge in [-0.05, 0) is 31.2 Å². The molecule has 0 N–H and O–H groups in total. The summed E-state index contributed by atoms with van der Waals surface area (Å²) in [6.45, 7) is 2.14. The largest absolute Gasteiger partial charge is 0.293 e. The number of para-hydroxylation sites is 1. The second kappa shape index (κ2) is 4.93. The molecule has 0 saturated heterocycles. The number of hydrogen-bond acceptors (Lipinski definition) is 1. The first-order valence-corrected chi connectivity index (χ1v) is 8.17. The molecule has 5 rings (SSSR count). The van der Waals surface area contributed by atoms with Gasteiger partial charge in [-0.15, -0.1) is 0 Å². The molecule has 3 aromatic carbocycles. The van der Waals surface area contributed by atoms with Gasteiger partial charge in [0.2, 0.25) is 0 Å². The molecule has 0 atom stereocenters. The standard InChI is InChI=1S/C22H16N2/c1-15-11-12-20-17(13-15)14-21-18-9-5-6-10-19(18)23-22(24(20)21)16-7-3-2-4-8-16/h2-14H,1H3. The van der Waals surface area contributed by atoms with E-state index in [9.17, 15) is 0 Å². The number of fused-ring (bicyclic) bond motifs is 5. The van der Waals surface area contributed by atoms with Crippen LogP contribution in [0, 0.1) is 6.92 Å². The van der Waals surface area contributed by atoms with Crippen LogP contribution in [0.1, 0.15) is 5.56 Å². The van der Waals surface area contributed by atoms with E-state index in [0.717, 1.165) is 16.9 Å². The zero-order chi connectivity index (χ0) is 16.1. The Morgan fingerprint density at radius 2 is 1.54 bits per heavy atom. The molecule has 114 valence electrons. The summed E-state index contributed by atoms with van der Waals surface area (Å²) in [5.41, 5.74) is 5.85. The first kappa shape index (κ1) is 13.3. The summed E-state index contributed by atoms with van der Waals surface area (Å²) in [4.78, 5) is 4.98. The molecule has 0 bridgehead atoms. The second-order valence-electron chi connectivity index (χ2n) is 6.25. The van der Waals surface area contributed by atoms with E-state index in [1.54, 1.807) is 0 Å². The van der Waals surface area contributed by atoms with E-state index in [-0.39, 0.29) is 0 Å². The molecular formula is C22H16N2. The normalized spacial score (nSPS) is 11.5. The summed E-state index contributed by atoms with van der Waals surface area (Å²) in [6.07, 6.45) is 0.